The van der Waals surface area contributed by atoms with Crippen molar-refractivity contribution in [3.05, 3.63) is 72.6 Å². The molecule has 5 rings (SSSR count). The van der Waals surface area contributed by atoms with Gasteiger partial charge in [0.2, 0.25) is 6.41 Å². The third-order valence-corrected chi connectivity index (χ3v) is 6.87. The fourth-order valence-corrected chi connectivity index (χ4v) is 5.04. The van der Waals surface area contributed by atoms with Gasteiger partial charge in [-0.15, -0.1) is 0 Å². The number of piperazine rings is 1. The zero-order chi connectivity index (χ0) is 27.9. The third kappa shape index (κ3) is 5.69. The highest BCUT2D eigenvalue weighted by Gasteiger charge is 2.29. The van der Waals surface area contributed by atoms with Crippen LogP contribution < -0.4 is 9.64 Å². The van der Waals surface area contributed by atoms with Gasteiger partial charge in [0.25, 0.3) is 0 Å². The molecule has 1 saturated heterocycles. The van der Waals surface area contributed by atoms with Gasteiger partial charge < -0.3 is 19.3 Å². The molecule has 2 unspecified atom stereocenters. The van der Waals surface area contributed by atoms with E-state index in [1.54, 1.807) is 21.3 Å². The van der Waals surface area contributed by atoms with Crippen LogP contribution in [0.1, 0.15) is 19.4 Å². The van der Waals surface area contributed by atoms with Gasteiger partial charge in [0.05, 0.1) is 24.3 Å². The van der Waals surface area contributed by atoms with E-state index in [-0.39, 0.29) is 12.1 Å². The van der Waals surface area contributed by atoms with E-state index in [1.165, 1.54) is 0 Å². The summed E-state index contributed by atoms with van der Waals surface area (Å²) in [5.74, 6) is 1.63. The van der Waals surface area contributed by atoms with Gasteiger partial charge in [0.15, 0.2) is 0 Å². The lowest BCUT2D eigenvalue weighted by Crippen LogP contribution is -2.56. The minimum atomic E-state index is 0.128. The largest absolute Gasteiger partial charge is 0.495 e. The molecule has 1 amide bonds. The highest BCUT2D eigenvalue weighted by Crippen LogP contribution is 2.39. The number of carbonyl (C=O) groups is 1. The van der Waals surface area contributed by atoms with Crippen molar-refractivity contribution < 1.29 is 14.3 Å². The normalized spacial score (nSPS) is 16.7. The van der Waals surface area contributed by atoms with Crippen LogP contribution in [-0.2, 0) is 9.53 Å². The minimum Gasteiger partial charge on any atom is -0.495 e. The van der Waals surface area contributed by atoms with Gasteiger partial charge in [-0.1, -0.05) is 24.3 Å². The highest BCUT2D eigenvalue weighted by molar-refractivity contribution is 6.00. The second kappa shape index (κ2) is 12.4. The predicted molar refractivity (Wildman–Crippen MR) is 154 cm³/mol. The SMILES string of the molecule is COC.COc1c(-c2ccc(N3CC(C)N(C=O)C(C)C3)nc2)cnc2c(-c3ccc(C#N)cc3)cccc12. The molecule has 1 aliphatic heterocycles. The Morgan fingerprint density at radius 3 is 2.13 bits per heavy atom. The molecule has 0 bridgehead atoms. The van der Waals surface area contributed by atoms with Gasteiger partial charge in [-0.2, -0.15) is 5.26 Å². The molecule has 3 heterocycles. The Labute approximate surface area is 229 Å². The predicted octanol–water partition coefficient (Wildman–Crippen LogP) is 5.16. The molecule has 2 aromatic carbocycles. The standard InChI is InChI=1S/C29H27N5O2.C2H6O/c1-19-16-33(17-20(2)34(19)18-35)27-12-11-23(14-31-27)26-15-32-28-24(5-4-6-25(28)29(26)36-3)22-9-7-21(13-30)8-10-22;1-3-2/h4-12,14-15,18-20H,16-17H2,1-3H3;1-2H3. The van der Waals surface area contributed by atoms with Crippen molar-refractivity contribution in [2.75, 3.05) is 39.3 Å². The van der Waals surface area contributed by atoms with Crippen LogP contribution in [0, 0.1) is 11.3 Å². The molecule has 0 spiro atoms. The lowest BCUT2D eigenvalue weighted by atomic mass is 9.98. The van der Waals surface area contributed by atoms with Crippen molar-refractivity contribution in [2.45, 2.75) is 25.9 Å². The van der Waals surface area contributed by atoms with E-state index in [1.807, 2.05) is 71.9 Å². The number of carbonyl (C=O) groups excluding carboxylic acids is 1. The Morgan fingerprint density at radius 1 is 0.897 bits per heavy atom. The maximum atomic E-state index is 11.4. The fraction of sp³-hybridized carbons (Fsp3) is 0.290. The number of aromatic nitrogens is 2. The summed E-state index contributed by atoms with van der Waals surface area (Å²) in [6.45, 7) is 5.61. The molecule has 0 saturated carbocycles. The Bertz CT molecular complexity index is 1450. The van der Waals surface area contributed by atoms with E-state index in [2.05, 4.69) is 29.6 Å². The van der Waals surface area contributed by atoms with E-state index >= 15 is 0 Å². The molecule has 8 heteroatoms. The molecule has 0 aliphatic carbocycles. The van der Waals surface area contributed by atoms with Crippen molar-refractivity contribution in [2.24, 2.45) is 0 Å². The second-order valence-corrected chi connectivity index (χ2v) is 9.56. The number of pyridine rings is 2. The van der Waals surface area contributed by atoms with Gasteiger partial charge in [-0.05, 0) is 49.7 Å². The van der Waals surface area contributed by atoms with Gasteiger partial charge in [0.1, 0.15) is 11.6 Å². The number of methoxy groups -OCH3 is 2. The van der Waals surface area contributed by atoms with Gasteiger partial charge in [-0.3, -0.25) is 9.78 Å². The first kappa shape index (κ1) is 27.6. The Morgan fingerprint density at radius 2 is 1.56 bits per heavy atom. The lowest BCUT2D eigenvalue weighted by molar-refractivity contribution is -0.122. The van der Waals surface area contributed by atoms with Crippen LogP contribution in [0.3, 0.4) is 0 Å². The van der Waals surface area contributed by atoms with Crippen molar-refractivity contribution in [1.82, 2.24) is 14.9 Å². The number of fused-ring (bicyclic) bond motifs is 1. The molecule has 0 radical (unpaired) electrons. The molecule has 1 fully saturated rings. The molecule has 1 aliphatic rings. The zero-order valence-corrected chi connectivity index (χ0v) is 23.0. The third-order valence-electron chi connectivity index (χ3n) is 6.87. The molecule has 39 heavy (non-hydrogen) atoms. The molecule has 200 valence electrons. The van der Waals surface area contributed by atoms with Crippen molar-refractivity contribution >= 4 is 23.1 Å². The average Bonchev–Trinajstić information content (AvgIpc) is 2.96. The summed E-state index contributed by atoms with van der Waals surface area (Å²) >= 11 is 0. The van der Waals surface area contributed by atoms with Crippen LogP contribution >= 0.6 is 0 Å². The Hall–Kier alpha value is -4.48. The molecule has 8 nitrogen and oxygen atoms in total. The van der Waals surface area contributed by atoms with Gasteiger partial charge >= 0.3 is 0 Å². The van der Waals surface area contributed by atoms with Crippen LogP contribution in [0.25, 0.3) is 33.2 Å². The summed E-state index contributed by atoms with van der Waals surface area (Å²) in [6.07, 6.45) is 4.62. The van der Waals surface area contributed by atoms with Crippen molar-refractivity contribution in [1.29, 1.82) is 5.26 Å². The number of ether oxygens (including phenoxy) is 2. The fourth-order valence-electron chi connectivity index (χ4n) is 5.04. The summed E-state index contributed by atoms with van der Waals surface area (Å²) < 4.78 is 10.1. The minimum absolute atomic E-state index is 0.128. The number of hydrogen-bond acceptors (Lipinski definition) is 7. The van der Waals surface area contributed by atoms with Crippen LogP contribution in [0.2, 0.25) is 0 Å². The number of nitriles is 1. The maximum Gasteiger partial charge on any atom is 0.210 e. The molecular weight excluding hydrogens is 490 g/mol. The van der Waals surface area contributed by atoms with Crippen LogP contribution in [0.5, 0.6) is 5.75 Å². The van der Waals surface area contributed by atoms with E-state index in [4.69, 9.17) is 20.0 Å². The number of benzene rings is 2. The van der Waals surface area contributed by atoms with E-state index in [0.717, 1.165) is 64.2 Å². The summed E-state index contributed by atoms with van der Waals surface area (Å²) in [4.78, 5) is 25.0. The summed E-state index contributed by atoms with van der Waals surface area (Å²) in [5, 5.41) is 10.0. The number of para-hydroxylation sites is 1. The topological polar surface area (TPSA) is 91.6 Å². The Kier molecular flexibility index (Phi) is 8.74. The first-order valence-corrected chi connectivity index (χ1v) is 12.8. The van der Waals surface area contributed by atoms with Crippen molar-refractivity contribution in [3.8, 4) is 34.1 Å². The first-order valence-electron chi connectivity index (χ1n) is 12.8. The number of anilines is 1. The van der Waals surface area contributed by atoms with Crippen molar-refractivity contribution in [3.63, 3.8) is 0 Å². The summed E-state index contributed by atoms with van der Waals surface area (Å²) in [5.41, 5.74) is 5.22. The maximum absolute atomic E-state index is 11.4. The van der Waals surface area contributed by atoms with Gasteiger partial charge in [0, 0.05) is 73.9 Å². The number of amides is 1. The number of nitrogens with zero attached hydrogens (tertiary/aromatic N) is 5. The summed E-state index contributed by atoms with van der Waals surface area (Å²) in [7, 11) is 4.92. The Balaban J connectivity index is 0.00000112. The second-order valence-electron chi connectivity index (χ2n) is 9.56. The smallest absolute Gasteiger partial charge is 0.210 e. The van der Waals surface area contributed by atoms with E-state index < -0.39 is 0 Å². The average molecular weight is 524 g/mol. The first-order chi connectivity index (χ1) is 18.9. The molecule has 2 atom stereocenters. The summed E-state index contributed by atoms with van der Waals surface area (Å²) in [6, 6.07) is 20.0. The van der Waals surface area contributed by atoms with E-state index in [0.29, 0.717) is 5.56 Å². The van der Waals surface area contributed by atoms with Crippen LogP contribution in [0.4, 0.5) is 5.82 Å². The van der Waals surface area contributed by atoms with Crippen LogP contribution in [0.15, 0.2) is 67.0 Å². The quantitative estimate of drug-likeness (QED) is 0.334. The lowest BCUT2D eigenvalue weighted by Gasteiger charge is -2.43. The number of hydrogen-bond donors (Lipinski definition) is 0. The van der Waals surface area contributed by atoms with Gasteiger partial charge in [-0.25, -0.2) is 4.98 Å². The molecular formula is C31H33N5O3. The number of rotatable bonds is 5. The monoisotopic (exact) mass is 523 g/mol. The molecule has 2 aromatic heterocycles. The van der Waals surface area contributed by atoms with E-state index in [9.17, 15) is 4.79 Å². The van der Waals surface area contributed by atoms with Crippen LogP contribution in [-0.4, -0.2) is 67.8 Å². The molecule has 4 aromatic rings. The highest BCUT2D eigenvalue weighted by atomic mass is 16.5. The zero-order valence-electron chi connectivity index (χ0n) is 23.0. The molecule has 0 N–H and O–H groups in total.